The van der Waals surface area contributed by atoms with Crippen molar-refractivity contribution in [2.24, 2.45) is 10.7 Å². The normalized spacial score (nSPS) is 17.8. The third-order valence-electron chi connectivity index (χ3n) is 5.01. The predicted octanol–water partition coefficient (Wildman–Crippen LogP) is 0.963. The van der Waals surface area contributed by atoms with Crippen molar-refractivity contribution >= 4 is 41.7 Å². The SMILES string of the molecule is I.NC(=NCc1ccc(N2CCOCC2)nc1)N1CCN(c2ncccn2)CC1. The Hall–Kier alpha value is -2.21. The Morgan fingerprint density at radius 3 is 2.34 bits per heavy atom. The van der Waals surface area contributed by atoms with Gasteiger partial charge in [-0.05, 0) is 17.7 Å². The number of aromatic nitrogens is 3. The first kappa shape index (κ1) is 21.5. The molecule has 0 aromatic carbocycles. The van der Waals surface area contributed by atoms with Crippen LogP contribution < -0.4 is 15.5 Å². The molecule has 10 heteroatoms. The molecule has 2 aromatic rings. The molecule has 0 spiro atoms. The van der Waals surface area contributed by atoms with E-state index in [9.17, 15) is 0 Å². The molecular weight excluding hydrogens is 483 g/mol. The summed E-state index contributed by atoms with van der Waals surface area (Å²) in [5, 5.41) is 0. The van der Waals surface area contributed by atoms with Gasteiger partial charge in [0.25, 0.3) is 0 Å². The maximum absolute atomic E-state index is 6.21. The van der Waals surface area contributed by atoms with Crippen molar-refractivity contribution in [3.05, 3.63) is 42.4 Å². The lowest BCUT2D eigenvalue weighted by atomic mass is 10.2. The molecule has 4 heterocycles. The Morgan fingerprint density at radius 2 is 1.69 bits per heavy atom. The fourth-order valence-corrected chi connectivity index (χ4v) is 3.35. The zero-order valence-corrected chi connectivity index (χ0v) is 18.7. The Morgan fingerprint density at radius 1 is 0.966 bits per heavy atom. The summed E-state index contributed by atoms with van der Waals surface area (Å²) in [6, 6.07) is 5.94. The van der Waals surface area contributed by atoms with E-state index in [4.69, 9.17) is 10.5 Å². The van der Waals surface area contributed by atoms with Crippen LogP contribution in [0.5, 0.6) is 0 Å². The average Bonchev–Trinajstić information content (AvgIpc) is 2.79. The van der Waals surface area contributed by atoms with E-state index in [1.165, 1.54) is 0 Å². The van der Waals surface area contributed by atoms with Gasteiger partial charge in [0.05, 0.1) is 19.8 Å². The molecule has 2 aliphatic rings. The van der Waals surface area contributed by atoms with E-state index in [1.54, 1.807) is 12.4 Å². The van der Waals surface area contributed by atoms with Gasteiger partial charge in [0.15, 0.2) is 5.96 Å². The maximum Gasteiger partial charge on any atom is 0.225 e. The standard InChI is InChI=1S/C19H26N8O.HI/c20-18(26-6-8-27(9-7-26)19-21-4-1-5-22-19)24-15-16-2-3-17(23-14-16)25-10-12-28-13-11-25;/h1-5,14H,6-13,15H2,(H2,20,24);1H. The number of nitrogens with zero attached hydrogens (tertiary/aromatic N) is 7. The van der Waals surface area contributed by atoms with Gasteiger partial charge in [-0.2, -0.15) is 0 Å². The fourth-order valence-electron chi connectivity index (χ4n) is 3.35. The summed E-state index contributed by atoms with van der Waals surface area (Å²) < 4.78 is 5.38. The van der Waals surface area contributed by atoms with E-state index in [0.717, 1.165) is 69.8 Å². The number of rotatable bonds is 4. The van der Waals surface area contributed by atoms with Crippen LogP contribution in [0.2, 0.25) is 0 Å². The van der Waals surface area contributed by atoms with Gasteiger partial charge in [0, 0.05) is 57.9 Å². The quantitative estimate of drug-likeness (QED) is 0.370. The van der Waals surface area contributed by atoms with Crippen molar-refractivity contribution in [3.63, 3.8) is 0 Å². The first-order valence-electron chi connectivity index (χ1n) is 9.64. The molecule has 2 N–H and O–H groups in total. The Kier molecular flexibility index (Phi) is 7.81. The predicted molar refractivity (Wildman–Crippen MR) is 124 cm³/mol. The highest BCUT2D eigenvalue weighted by Gasteiger charge is 2.19. The monoisotopic (exact) mass is 510 g/mol. The van der Waals surface area contributed by atoms with Gasteiger partial charge in [-0.15, -0.1) is 24.0 Å². The Balaban J connectivity index is 0.00000240. The molecule has 0 aliphatic carbocycles. The molecule has 2 fully saturated rings. The maximum atomic E-state index is 6.21. The van der Waals surface area contributed by atoms with Crippen LogP contribution in [-0.2, 0) is 11.3 Å². The highest BCUT2D eigenvalue weighted by Crippen LogP contribution is 2.14. The minimum absolute atomic E-state index is 0. The lowest BCUT2D eigenvalue weighted by Crippen LogP contribution is -2.51. The number of hydrogen-bond donors (Lipinski definition) is 1. The number of anilines is 2. The van der Waals surface area contributed by atoms with Gasteiger partial charge in [-0.1, -0.05) is 6.07 Å². The van der Waals surface area contributed by atoms with Crippen LogP contribution in [0.4, 0.5) is 11.8 Å². The number of ether oxygens (including phenoxy) is 1. The summed E-state index contributed by atoms with van der Waals surface area (Å²) in [4.78, 5) is 24.2. The summed E-state index contributed by atoms with van der Waals surface area (Å²) in [6.07, 6.45) is 5.41. The first-order chi connectivity index (χ1) is 13.8. The van der Waals surface area contributed by atoms with E-state index >= 15 is 0 Å². The van der Waals surface area contributed by atoms with Crippen LogP contribution in [0.1, 0.15) is 5.56 Å². The van der Waals surface area contributed by atoms with Gasteiger partial charge in [0.1, 0.15) is 5.82 Å². The van der Waals surface area contributed by atoms with Gasteiger partial charge in [-0.25, -0.2) is 19.9 Å². The number of nitrogens with two attached hydrogens (primary N) is 1. The molecule has 0 saturated carbocycles. The summed E-state index contributed by atoms with van der Waals surface area (Å²) in [5.74, 6) is 2.33. The Bertz CT molecular complexity index is 775. The number of hydrogen-bond acceptors (Lipinski definition) is 7. The van der Waals surface area contributed by atoms with Crippen LogP contribution in [0, 0.1) is 0 Å². The molecule has 9 nitrogen and oxygen atoms in total. The summed E-state index contributed by atoms with van der Waals surface area (Å²) in [5.41, 5.74) is 7.26. The van der Waals surface area contributed by atoms with Gasteiger partial charge in [0.2, 0.25) is 5.95 Å². The molecule has 0 amide bonds. The van der Waals surface area contributed by atoms with Crippen LogP contribution in [0.25, 0.3) is 0 Å². The van der Waals surface area contributed by atoms with Gasteiger partial charge < -0.3 is 25.2 Å². The lowest BCUT2D eigenvalue weighted by molar-refractivity contribution is 0.122. The lowest BCUT2D eigenvalue weighted by Gasteiger charge is -2.35. The molecule has 0 atom stereocenters. The molecule has 29 heavy (non-hydrogen) atoms. The smallest absolute Gasteiger partial charge is 0.225 e. The summed E-state index contributed by atoms with van der Waals surface area (Å²) >= 11 is 0. The molecule has 156 valence electrons. The third-order valence-corrected chi connectivity index (χ3v) is 5.01. The van der Waals surface area contributed by atoms with Gasteiger partial charge in [-0.3, -0.25) is 0 Å². The van der Waals surface area contributed by atoms with Crippen LogP contribution in [0.15, 0.2) is 41.8 Å². The van der Waals surface area contributed by atoms with Crippen molar-refractivity contribution in [3.8, 4) is 0 Å². The third kappa shape index (κ3) is 5.66. The minimum atomic E-state index is 0. The first-order valence-corrected chi connectivity index (χ1v) is 9.64. The number of piperazine rings is 1. The summed E-state index contributed by atoms with van der Waals surface area (Å²) in [7, 11) is 0. The number of morpholine rings is 1. The fraction of sp³-hybridized carbons (Fsp3) is 0.474. The van der Waals surface area contributed by atoms with Crippen molar-refractivity contribution in [2.75, 3.05) is 62.3 Å². The topological polar surface area (TPSA) is 96.0 Å². The number of aliphatic imine (C=N–C) groups is 1. The molecule has 0 unspecified atom stereocenters. The molecule has 2 aliphatic heterocycles. The zero-order chi connectivity index (χ0) is 19.2. The van der Waals surface area contributed by atoms with Crippen molar-refractivity contribution < 1.29 is 4.74 Å². The molecular formula is C19H27IN8O. The van der Waals surface area contributed by atoms with Crippen LogP contribution >= 0.6 is 24.0 Å². The van der Waals surface area contributed by atoms with Crippen LogP contribution in [-0.4, -0.2) is 78.3 Å². The average molecular weight is 510 g/mol. The van der Waals surface area contributed by atoms with E-state index in [-0.39, 0.29) is 24.0 Å². The highest BCUT2D eigenvalue weighted by atomic mass is 127. The van der Waals surface area contributed by atoms with Crippen LogP contribution in [0.3, 0.4) is 0 Å². The van der Waals surface area contributed by atoms with E-state index < -0.39 is 0 Å². The van der Waals surface area contributed by atoms with Crippen molar-refractivity contribution in [1.29, 1.82) is 0 Å². The second kappa shape index (κ2) is 10.5. The zero-order valence-electron chi connectivity index (χ0n) is 16.4. The molecule has 0 radical (unpaired) electrons. The number of pyridine rings is 1. The van der Waals surface area contributed by atoms with E-state index in [0.29, 0.717) is 12.5 Å². The largest absolute Gasteiger partial charge is 0.378 e. The molecule has 4 rings (SSSR count). The van der Waals surface area contributed by atoms with Crippen molar-refractivity contribution in [2.45, 2.75) is 6.54 Å². The van der Waals surface area contributed by atoms with Gasteiger partial charge >= 0.3 is 0 Å². The second-order valence-corrected chi connectivity index (χ2v) is 6.82. The highest BCUT2D eigenvalue weighted by molar-refractivity contribution is 14.0. The molecule has 2 aromatic heterocycles. The number of halogens is 1. The van der Waals surface area contributed by atoms with E-state index in [2.05, 4.69) is 40.7 Å². The van der Waals surface area contributed by atoms with Crippen molar-refractivity contribution in [1.82, 2.24) is 19.9 Å². The van der Waals surface area contributed by atoms with E-state index in [1.807, 2.05) is 18.3 Å². The minimum Gasteiger partial charge on any atom is -0.378 e. The number of guanidine groups is 1. The second-order valence-electron chi connectivity index (χ2n) is 6.82. The molecule has 2 saturated heterocycles. The summed E-state index contributed by atoms with van der Waals surface area (Å²) in [6.45, 7) is 7.09. The molecule has 0 bridgehead atoms. The Labute approximate surface area is 188 Å².